The van der Waals surface area contributed by atoms with Crippen molar-refractivity contribution in [1.29, 1.82) is 0 Å². The molecule has 0 fully saturated rings. The normalized spacial score (nSPS) is 10.3. The zero-order chi connectivity index (χ0) is 18.5. The van der Waals surface area contributed by atoms with E-state index in [1.54, 1.807) is 24.3 Å². The van der Waals surface area contributed by atoms with Crippen molar-refractivity contribution in [2.24, 2.45) is 0 Å². The van der Waals surface area contributed by atoms with Gasteiger partial charge >= 0.3 is 5.97 Å². The molecule has 0 aliphatic heterocycles. The lowest BCUT2D eigenvalue weighted by Crippen LogP contribution is -2.23. The van der Waals surface area contributed by atoms with Crippen molar-refractivity contribution in [3.63, 3.8) is 0 Å². The number of amides is 1. The molecule has 3 rings (SSSR count). The van der Waals surface area contributed by atoms with Gasteiger partial charge in [-0.15, -0.1) is 0 Å². The summed E-state index contributed by atoms with van der Waals surface area (Å²) in [5, 5.41) is 12.0. The molecule has 0 aliphatic carbocycles. The van der Waals surface area contributed by atoms with Gasteiger partial charge in [0.25, 0.3) is 5.91 Å². The number of hydrogen-bond donors (Lipinski definition) is 2. The van der Waals surface area contributed by atoms with Gasteiger partial charge in [-0.2, -0.15) is 0 Å². The number of methoxy groups -OCH3 is 1. The summed E-state index contributed by atoms with van der Waals surface area (Å²) >= 11 is 0. The quantitative estimate of drug-likeness (QED) is 0.716. The van der Waals surface area contributed by atoms with Gasteiger partial charge < -0.3 is 19.7 Å². The van der Waals surface area contributed by atoms with Crippen molar-refractivity contribution in [2.45, 2.75) is 6.54 Å². The van der Waals surface area contributed by atoms with Crippen LogP contribution in [0.3, 0.4) is 0 Å². The third-order valence-corrected chi connectivity index (χ3v) is 3.96. The van der Waals surface area contributed by atoms with Crippen LogP contribution >= 0.6 is 0 Å². The average molecular weight is 350 g/mol. The molecule has 0 radical (unpaired) electrons. The molecule has 0 bridgehead atoms. The number of aromatic carboxylic acids is 1. The first-order valence-electron chi connectivity index (χ1n) is 8.00. The highest BCUT2D eigenvalue weighted by molar-refractivity contribution is 5.95. The van der Waals surface area contributed by atoms with E-state index in [0.29, 0.717) is 11.1 Å². The first kappa shape index (κ1) is 17.3. The van der Waals surface area contributed by atoms with Crippen molar-refractivity contribution in [1.82, 2.24) is 9.88 Å². The van der Waals surface area contributed by atoms with E-state index in [1.807, 2.05) is 41.2 Å². The van der Waals surface area contributed by atoms with Crippen molar-refractivity contribution in [2.75, 3.05) is 7.11 Å². The second-order valence-corrected chi connectivity index (χ2v) is 5.66. The molecular weight excluding hydrogens is 332 g/mol. The van der Waals surface area contributed by atoms with Crippen LogP contribution in [0.4, 0.5) is 0 Å². The molecule has 3 aromatic rings. The van der Waals surface area contributed by atoms with Gasteiger partial charge in [0.2, 0.25) is 0 Å². The molecule has 2 N–H and O–H groups in total. The van der Waals surface area contributed by atoms with Crippen molar-refractivity contribution in [3.05, 3.63) is 83.7 Å². The van der Waals surface area contributed by atoms with Crippen LogP contribution in [-0.4, -0.2) is 28.7 Å². The fraction of sp³-hybridized carbons (Fsp3) is 0.100. The summed E-state index contributed by atoms with van der Waals surface area (Å²) in [7, 11) is 1.42. The molecule has 6 nitrogen and oxygen atoms in total. The van der Waals surface area contributed by atoms with Crippen molar-refractivity contribution < 1.29 is 19.4 Å². The highest BCUT2D eigenvalue weighted by Crippen LogP contribution is 2.20. The van der Waals surface area contributed by atoms with E-state index in [1.165, 1.54) is 13.2 Å². The Balaban J connectivity index is 1.72. The number of rotatable bonds is 6. The predicted molar refractivity (Wildman–Crippen MR) is 96.9 cm³/mol. The van der Waals surface area contributed by atoms with Gasteiger partial charge in [-0.25, -0.2) is 4.79 Å². The van der Waals surface area contributed by atoms with Crippen LogP contribution in [0.15, 0.2) is 67.0 Å². The number of benzene rings is 2. The maximum absolute atomic E-state index is 12.4. The van der Waals surface area contributed by atoms with E-state index in [0.717, 1.165) is 5.69 Å². The van der Waals surface area contributed by atoms with Crippen LogP contribution in [0.1, 0.15) is 26.3 Å². The first-order valence-corrected chi connectivity index (χ1v) is 8.00. The van der Waals surface area contributed by atoms with Gasteiger partial charge in [0.05, 0.1) is 7.11 Å². The Morgan fingerprint density at radius 2 is 1.85 bits per heavy atom. The number of carbonyl (C=O) groups is 2. The number of nitrogens with one attached hydrogen (secondary N) is 1. The van der Waals surface area contributed by atoms with Crippen LogP contribution in [0.5, 0.6) is 5.75 Å². The zero-order valence-electron chi connectivity index (χ0n) is 14.2. The number of hydrogen-bond acceptors (Lipinski definition) is 3. The Kier molecular flexibility index (Phi) is 5.03. The zero-order valence-corrected chi connectivity index (χ0v) is 14.2. The fourth-order valence-corrected chi connectivity index (χ4v) is 2.63. The van der Waals surface area contributed by atoms with Crippen LogP contribution < -0.4 is 10.1 Å². The van der Waals surface area contributed by atoms with Crippen molar-refractivity contribution >= 4 is 11.9 Å². The molecule has 26 heavy (non-hydrogen) atoms. The van der Waals surface area contributed by atoms with E-state index in [-0.39, 0.29) is 23.8 Å². The molecule has 1 aromatic heterocycles. The molecule has 1 amide bonds. The SMILES string of the molecule is COc1ccc(CNC(=O)c2cccc(-n3cccc3)c2)cc1C(=O)O. The maximum atomic E-state index is 12.4. The highest BCUT2D eigenvalue weighted by Gasteiger charge is 2.12. The molecule has 132 valence electrons. The predicted octanol–water partition coefficient (Wildman–Crippen LogP) is 3.11. The minimum absolute atomic E-state index is 0.0638. The van der Waals surface area contributed by atoms with E-state index < -0.39 is 5.97 Å². The Labute approximate surface area is 150 Å². The number of ether oxygens (including phenoxy) is 1. The third-order valence-electron chi connectivity index (χ3n) is 3.96. The molecule has 2 aromatic carbocycles. The Bertz CT molecular complexity index is 933. The summed E-state index contributed by atoms with van der Waals surface area (Å²) in [5.41, 5.74) is 2.16. The van der Waals surface area contributed by atoms with Crippen LogP contribution in [0.25, 0.3) is 5.69 Å². The number of nitrogens with zero attached hydrogens (tertiary/aromatic N) is 1. The molecule has 0 atom stereocenters. The monoisotopic (exact) mass is 350 g/mol. The molecule has 0 spiro atoms. The molecule has 6 heteroatoms. The third kappa shape index (κ3) is 3.75. The lowest BCUT2D eigenvalue weighted by molar-refractivity contribution is 0.0693. The van der Waals surface area contributed by atoms with Crippen LogP contribution in [-0.2, 0) is 6.54 Å². The summed E-state index contributed by atoms with van der Waals surface area (Å²) in [6, 6.07) is 15.9. The summed E-state index contributed by atoms with van der Waals surface area (Å²) in [6.45, 7) is 0.219. The first-order chi connectivity index (χ1) is 12.6. The second-order valence-electron chi connectivity index (χ2n) is 5.66. The molecule has 1 heterocycles. The topological polar surface area (TPSA) is 80.6 Å². The van der Waals surface area contributed by atoms with Gasteiger partial charge in [0, 0.05) is 30.2 Å². The Morgan fingerprint density at radius 3 is 2.54 bits per heavy atom. The smallest absolute Gasteiger partial charge is 0.339 e. The van der Waals surface area contributed by atoms with Gasteiger partial charge in [-0.05, 0) is 48.0 Å². The molecule has 0 saturated heterocycles. The number of carboxylic acid groups (broad SMARTS) is 1. The Hall–Kier alpha value is -3.54. The van der Waals surface area contributed by atoms with E-state index >= 15 is 0 Å². The van der Waals surface area contributed by atoms with E-state index in [4.69, 9.17) is 4.74 Å². The van der Waals surface area contributed by atoms with Gasteiger partial charge in [0.1, 0.15) is 11.3 Å². The number of aromatic nitrogens is 1. The molecule has 0 saturated carbocycles. The highest BCUT2D eigenvalue weighted by atomic mass is 16.5. The molecular formula is C20H18N2O4. The second kappa shape index (κ2) is 7.57. The standard InChI is InChI=1S/C20H18N2O4/c1-26-18-8-7-14(11-17(18)20(24)25)13-21-19(23)15-5-4-6-16(12-15)22-9-2-3-10-22/h2-12H,13H2,1H3,(H,21,23)(H,24,25). The minimum atomic E-state index is -1.07. The summed E-state index contributed by atoms with van der Waals surface area (Å²) in [5.74, 6) is -1.02. The van der Waals surface area contributed by atoms with E-state index in [9.17, 15) is 14.7 Å². The minimum Gasteiger partial charge on any atom is -0.496 e. The largest absolute Gasteiger partial charge is 0.496 e. The maximum Gasteiger partial charge on any atom is 0.339 e. The molecule has 0 unspecified atom stereocenters. The van der Waals surface area contributed by atoms with E-state index in [2.05, 4.69) is 5.32 Å². The van der Waals surface area contributed by atoms with Crippen molar-refractivity contribution in [3.8, 4) is 11.4 Å². The van der Waals surface area contributed by atoms with Crippen LogP contribution in [0, 0.1) is 0 Å². The summed E-state index contributed by atoms with van der Waals surface area (Å²) < 4.78 is 6.95. The average Bonchev–Trinajstić information content (AvgIpc) is 3.20. The Morgan fingerprint density at radius 1 is 1.08 bits per heavy atom. The molecule has 0 aliphatic rings. The van der Waals surface area contributed by atoms with Gasteiger partial charge in [-0.3, -0.25) is 4.79 Å². The number of carboxylic acids is 1. The fourth-order valence-electron chi connectivity index (χ4n) is 2.63. The van der Waals surface area contributed by atoms with Gasteiger partial charge in [0.15, 0.2) is 0 Å². The lowest BCUT2D eigenvalue weighted by Gasteiger charge is -2.10. The van der Waals surface area contributed by atoms with Gasteiger partial charge in [-0.1, -0.05) is 12.1 Å². The summed E-state index contributed by atoms with van der Waals surface area (Å²) in [6.07, 6.45) is 3.81. The number of carbonyl (C=O) groups excluding carboxylic acids is 1. The summed E-state index contributed by atoms with van der Waals surface area (Å²) in [4.78, 5) is 23.7. The lowest BCUT2D eigenvalue weighted by atomic mass is 10.1. The van der Waals surface area contributed by atoms with Crippen LogP contribution in [0.2, 0.25) is 0 Å².